The molecule has 2 aromatic carbocycles. The molecule has 2 aliphatic heterocycles. The van der Waals surface area contributed by atoms with E-state index in [1.165, 1.54) is 4.90 Å². The number of aromatic nitrogens is 3. The van der Waals surface area contributed by atoms with Crippen LogP contribution in [0.2, 0.25) is 0 Å². The van der Waals surface area contributed by atoms with E-state index in [9.17, 15) is 24.6 Å². The number of aliphatic hydroxyl groups excluding tert-OH is 1. The SMILES string of the molecule is Cc1ncsc1-c1ccc([C@H](C)NC(=O)[C@@H]2C[C@@H](O)CN2C(=O)[C@@H](CC(=O)C=C2CCN(c3cc(-c4ccccc4O)nnc3N)CC2)C(C)(C)C)cc1. The summed E-state index contributed by atoms with van der Waals surface area (Å²) < 4.78 is 0. The van der Waals surface area contributed by atoms with Crippen LogP contribution in [0.4, 0.5) is 11.5 Å². The average molecular weight is 752 g/mol. The minimum atomic E-state index is -0.849. The zero-order valence-corrected chi connectivity index (χ0v) is 32.3. The number of piperidine rings is 1. The maximum Gasteiger partial charge on any atom is 0.243 e. The van der Waals surface area contributed by atoms with E-state index in [-0.39, 0.29) is 54.6 Å². The summed E-state index contributed by atoms with van der Waals surface area (Å²) >= 11 is 1.58. The van der Waals surface area contributed by atoms with Crippen molar-refractivity contribution in [2.45, 2.75) is 78.5 Å². The topological polar surface area (TPSA) is 175 Å². The maximum absolute atomic E-state index is 14.2. The van der Waals surface area contributed by atoms with Gasteiger partial charge in [0.05, 0.1) is 45.5 Å². The number of phenols is 1. The Hall–Kier alpha value is -5.14. The number of likely N-dealkylation sites (tertiary alicyclic amines) is 1. The summed E-state index contributed by atoms with van der Waals surface area (Å²) in [6.45, 7) is 10.9. The lowest BCUT2D eigenvalue weighted by molar-refractivity contribution is -0.146. The number of ketones is 1. The van der Waals surface area contributed by atoms with Gasteiger partial charge < -0.3 is 31.1 Å². The van der Waals surface area contributed by atoms with Gasteiger partial charge in [-0.1, -0.05) is 62.7 Å². The molecule has 2 aliphatic rings. The van der Waals surface area contributed by atoms with Gasteiger partial charge in [0.2, 0.25) is 11.8 Å². The largest absolute Gasteiger partial charge is 0.507 e. The summed E-state index contributed by atoms with van der Waals surface area (Å²) in [4.78, 5) is 50.4. The number of aliphatic hydroxyl groups is 1. The molecule has 0 unspecified atom stereocenters. The van der Waals surface area contributed by atoms with Crippen molar-refractivity contribution in [1.29, 1.82) is 0 Å². The number of phenolic OH excluding ortho intramolecular Hbond substituents is 1. The molecule has 4 aromatic rings. The minimum absolute atomic E-state index is 0.0103. The number of carbonyl (C=O) groups excluding carboxylic acids is 3. The summed E-state index contributed by atoms with van der Waals surface area (Å²) in [5.74, 6) is -1.09. The first-order chi connectivity index (χ1) is 25.7. The Labute approximate surface area is 320 Å². The van der Waals surface area contributed by atoms with E-state index < -0.39 is 23.5 Å². The van der Waals surface area contributed by atoms with Gasteiger partial charge in [-0.05, 0) is 67.5 Å². The van der Waals surface area contributed by atoms with Gasteiger partial charge in [-0.3, -0.25) is 14.4 Å². The molecule has 2 amide bonds. The second kappa shape index (κ2) is 16.1. The summed E-state index contributed by atoms with van der Waals surface area (Å²) in [6.07, 6.45) is 2.19. The smallest absolute Gasteiger partial charge is 0.243 e. The van der Waals surface area contributed by atoms with Crippen LogP contribution in [0.3, 0.4) is 0 Å². The zero-order chi connectivity index (χ0) is 38.7. The van der Waals surface area contributed by atoms with E-state index in [2.05, 4.69) is 25.4 Å². The lowest BCUT2D eigenvalue weighted by Gasteiger charge is -2.35. The van der Waals surface area contributed by atoms with Crippen LogP contribution in [0.15, 0.2) is 71.8 Å². The first kappa shape index (κ1) is 38.6. The highest BCUT2D eigenvalue weighted by atomic mass is 32.1. The Balaban J connectivity index is 1.09. The fraction of sp³-hybridized carbons (Fsp3) is 0.415. The molecule has 5 N–H and O–H groups in total. The quantitative estimate of drug-likeness (QED) is 0.144. The first-order valence-electron chi connectivity index (χ1n) is 18.4. The Kier molecular flexibility index (Phi) is 11.5. The van der Waals surface area contributed by atoms with Crippen LogP contribution in [-0.4, -0.2) is 79.7 Å². The monoisotopic (exact) mass is 751 g/mol. The fourth-order valence-electron chi connectivity index (χ4n) is 7.30. The van der Waals surface area contributed by atoms with Crippen LogP contribution < -0.4 is 16.0 Å². The summed E-state index contributed by atoms with van der Waals surface area (Å²) in [6, 6.07) is 15.6. The van der Waals surface area contributed by atoms with E-state index in [4.69, 9.17) is 5.73 Å². The molecule has 4 heterocycles. The van der Waals surface area contributed by atoms with Crippen molar-refractivity contribution in [1.82, 2.24) is 25.4 Å². The number of carbonyl (C=O) groups is 3. The first-order valence-corrected chi connectivity index (χ1v) is 19.3. The van der Waals surface area contributed by atoms with Gasteiger partial charge in [0.1, 0.15) is 11.8 Å². The summed E-state index contributed by atoms with van der Waals surface area (Å²) in [7, 11) is 0. The molecule has 6 rings (SSSR count). The van der Waals surface area contributed by atoms with Gasteiger partial charge in [0.15, 0.2) is 11.6 Å². The van der Waals surface area contributed by atoms with Gasteiger partial charge in [-0.2, -0.15) is 0 Å². The summed E-state index contributed by atoms with van der Waals surface area (Å²) in [5.41, 5.74) is 13.2. The van der Waals surface area contributed by atoms with Crippen LogP contribution in [-0.2, 0) is 14.4 Å². The summed E-state index contributed by atoms with van der Waals surface area (Å²) in [5, 5.41) is 32.3. The molecule has 2 fully saturated rings. The third-order valence-electron chi connectivity index (χ3n) is 10.5. The number of nitrogens with two attached hydrogens (primary N) is 1. The molecule has 0 spiro atoms. The van der Waals surface area contributed by atoms with Gasteiger partial charge in [0, 0.05) is 38.0 Å². The molecule has 13 heteroatoms. The number of thiazole rings is 1. The average Bonchev–Trinajstić information content (AvgIpc) is 3.76. The number of aryl methyl sites for hydroxylation is 1. The molecule has 54 heavy (non-hydrogen) atoms. The van der Waals surface area contributed by atoms with Crippen molar-refractivity contribution >= 4 is 40.4 Å². The number of nitrogen functional groups attached to an aromatic ring is 1. The third-order valence-corrected chi connectivity index (χ3v) is 11.5. The predicted octanol–water partition coefficient (Wildman–Crippen LogP) is 5.85. The minimum Gasteiger partial charge on any atom is -0.507 e. The van der Waals surface area contributed by atoms with Crippen molar-refractivity contribution in [3.63, 3.8) is 0 Å². The number of rotatable bonds is 10. The highest BCUT2D eigenvalue weighted by Crippen LogP contribution is 2.36. The highest BCUT2D eigenvalue weighted by molar-refractivity contribution is 7.13. The van der Waals surface area contributed by atoms with Gasteiger partial charge >= 0.3 is 0 Å². The molecule has 0 bridgehead atoms. The predicted molar refractivity (Wildman–Crippen MR) is 211 cm³/mol. The molecule has 284 valence electrons. The normalized spacial score (nSPS) is 18.7. The van der Waals surface area contributed by atoms with Crippen molar-refractivity contribution in [2.24, 2.45) is 11.3 Å². The van der Waals surface area contributed by atoms with Crippen molar-refractivity contribution < 1.29 is 24.6 Å². The van der Waals surface area contributed by atoms with E-state index in [1.54, 1.807) is 35.6 Å². The number of β-amino-alcohol motifs (C(OH)–C–C–N with tert-alkyl or cyclic N) is 1. The molecule has 0 aliphatic carbocycles. The number of aromatic hydroxyl groups is 1. The zero-order valence-electron chi connectivity index (χ0n) is 31.5. The van der Waals surface area contributed by atoms with E-state index in [0.717, 1.165) is 27.3 Å². The standard InChI is InChI=1S/C41H49N7O5S/c1-24(27-10-12-28(13-11-27)37-25(2)43-23-54-37)44-39(52)35-20-30(50)22-48(35)40(53)32(41(3,4)5)19-29(49)18-26-14-16-47(17-15-26)34-21-33(45-46-38(34)42)31-8-6-7-9-36(31)51/h6-13,18,21,23-24,30,32,35,50-51H,14-17,19-20,22H2,1-5H3,(H2,42,46)(H,44,52)/t24-,30+,32+,35-/m0/s1. The van der Waals surface area contributed by atoms with Gasteiger partial charge in [0.25, 0.3) is 0 Å². The van der Waals surface area contributed by atoms with E-state index >= 15 is 0 Å². The van der Waals surface area contributed by atoms with Crippen LogP contribution in [0, 0.1) is 18.3 Å². The molecular weight excluding hydrogens is 703 g/mol. The van der Waals surface area contributed by atoms with Crippen molar-refractivity contribution in [2.75, 3.05) is 30.3 Å². The number of nitrogens with zero attached hydrogens (tertiary/aromatic N) is 5. The number of hydrogen-bond donors (Lipinski definition) is 4. The Morgan fingerprint density at radius 2 is 1.78 bits per heavy atom. The van der Waals surface area contributed by atoms with E-state index in [0.29, 0.717) is 42.9 Å². The molecule has 12 nitrogen and oxygen atoms in total. The number of para-hydroxylation sites is 1. The molecule has 0 saturated carbocycles. The molecular formula is C41H49N7O5S. The number of benzene rings is 2. The maximum atomic E-state index is 14.2. The van der Waals surface area contributed by atoms with Crippen LogP contribution in [0.5, 0.6) is 5.75 Å². The second-order valence-corrected chi connectivity index (χ2v) is 16.3. The third kappa shape index (κ3) is 8.63. The highest BCUT2D eigenvalue weighted by Gasteiger charge is 2.44. The van der Waals surface area contributed by atoms with Gasteiger partial charge in [-0.25, -0.2) is 4.98 Å². The Bertz CT molecular complexity index is 2030. The Morgan fingerprint density at radius 1 is 1.07 bits per heavy atom. The molecule has 0 radical (unpaired) electrons. The molecule has 2 saturated heterocycles. The molecule has 2 aromatic heterocycles. The number of hydrogen-bond acceptors (Lipinski definition) is 11. The Morgan fingerprint density at radius 3 is 2.43 bits per heavy atom. The number of anilines is 2. The van der Waals surface area contributed by atoms with Crippen molar-refractivity contribution in [3.05, 3.63) is 83.0 Å². The number of allylic oxidation sites excluding steroid dienone is 1. The lowest BCUT2D eigenvalue weighted by atomic mass is 9.76. The van der Waals surface area contributed by atoms with Crippen LogP contribution in [0.1, 0.15) is 70.7 Å². The van der Waals surface area contributed by atoms with Crippen molar-refractivity contribution in [3.8, 4) is 27.4 Å². The second-order valence-electron chi connectivity index (χ2n) is 15.4. The van der Waals surface area contributed by atoms with Gasteiger partial charge in [-0.15, -0.1) is 21.5 Å². The fourth-order valence-corrected chi connectivity index (χ4v) is 8.11. The lowest BCUT2D eigenvalue weighted by Crippen LogP contribution is -2.50. The van der Waals surface area contributed by atoms with Crippen LogP contribution >= 0.6 is 11.3 Å². The number of amides is 2. The van der Waals surface area contributed by atoms with E-state index in [1.807, 2.05) is 76.5 Å². The van der Waals surface area contributed by atoms with Crippen LogP contribution in [0.25, 0.3) is 21.7 Å². The molecule has 4 atom stereocenters. The number of nitrogens with one attached hydrogen (secondary N) is 1.